The Kier molecular flexibility index (Phi) is 4.42. The van der Waals surface area contributed by atoms with E-state index < -0.39 is 21.4 Å². The molecule has 1 aromatic rings. The number of carbonyl (C=O) groups is 1. The number of nitrogens with zero attached hydrogens (tertiary/aromatic N) is 2. The second-order valence-corrected chi connectivity index (χ2v) is 8.45. The zero-order valence-electron chi connectivity index (χ0n) is 13.3. The summed E-state index contributed by atoms with van der Waals surface area (Å²) in [6.07, 6.45) is 6.35. The van der Waals surface area contributed by atoms with Crippen LogP contribution in [0.2, 0.25) is 0 Å². The number of ether oxygens (including phenoxy) is 1. The lowest BCUT2D eigenvalue weighted by molar-refractivity contribution is -0.146. The van der Waals surface area contributed by atoms with Gasteiger partial charge in [0.2, 0.25) is 10.0 Å². The highest BCUT2D eigenvalue weighted by atomic mass is 32.2. The monoisotopic (exact) mass is 338 g/mol. The summed E-state index contributed by atoms with van der Waals surface area (Å²) < 4.78 is 31.5. The lowest BCUT2D eigenvalue weighted by Crippen LogP contribution is -2.42. The molecule has 2 heterocycles. The molecule has 1 aromatic heterocycles. The first kappa shape index (κ1) is 16.4. The number of methoxy groups -OCH3 is 1. The van der Waals surface area contributed by atoms with Crippen LogP contribution in [0.5, 0.6) is 0 Å². The molecule has 126 valence electrons. The van der Waals surface area contributed by atoms with Gasteiger partial charge in [-0.2, -0.15) is 0 Å². The SMILES string of the molecule is COC(=O)C1(CS(=O)(=O)N2CCC(c3ccncc3)CC2)CC1. The van der Waals surface area contributed by atoms with E-state index in [1.165, 1.54) is 17.0 Å². The molecular weight excluding hydrogens is 316 g/mol. The van der Waals surface area contributed by atoms with Crippen molar-refractivity contribution in [2.75, 3.05) is 26.0 Å². The van der Waals surface area contributed by atoms with Crippen molar-refractivity contribution in [3.63, 3.8) is 0 Å². The molecule has 3 rings (SSSR count). The van der Waals surface area contributed by atoms with Crippen LogP contribution >= 0.6 is 0 Å². The number of pyridine rings is 1. The molecule has 1 aliphatic heterocycles. The predicted molar refractivity (Wildman–Crippen MR) is 85.3 cm³/mol. The lowest BCUT2D eigenvalue weighted by atomic mass is 9.91. The quantitative estimate of drug-likeness (QED) is 0.761. The highest BCUT2D eigenvalue weighted by molar-refractivity contribution is 7.89. The van der Waals surface area contributed by atoms with Gasteiger partial charge in [0.05, 0.1) is 18.3 Å². The molecule has 0 amide bonds. The summed E-state index contributed by atoms with van der Waals surface area (Å²) in [5.41, 5.74) is 0.417. The Morgan fingerprint density at radius 3 is 2.43 bits per heavy atom. The van der Waals surface area contributed by atoms with Crippen molar-refractivity contribution in [2.45, 2.75) is 31.6 Å². The minimum atomic E-state index is -3.42. The van der Waals surface area contributed by atoms with Gasteiger partial charge in [0.15, 0.2) is 0 Å². The maximum absolute atomic E-state index is 12.6. The standard InChI is InChI=1S/C16H22N2O4S/c1-22-15(19)16(6-7-16)12-23(20,21)18-10-4-14(5-11-18)13-2-8-17-9-3-13/h2-3,8-9,14H,4-7,10-12H2,1H3. The first-order chi connectivity index (χ1) is 11.0. The first-order valence-corrected chi connectivity index (χ1v) is 9.54. The van der Waals surface area contributed by atoms with Crippen LogP contribution in [0.3, 0.4) is 0 Å². The molecule has 1 saturated heterocycles. The fourth-order valence-electron chi connectivity index (χ4n) is 3.32. The molecule has 0 bridgehead atoms. The summed E-state index contributed by atoms with van der Waals surface area (Å²) in [6.45, 7) is 1.01. The first-order valence-electron chi connectivity index (χ1n) is 7.93. The van der Waals surface area contributed by atoms with Crippen molar-refractivity contribution in [2.24, 2.45) is 5.41 Å². The van der Waals surface area contributed by atoms with Gasteiger partial charge in [0, 0.05) is 25.5 Å². The van der Waals surface area contributed by atoms with Gasteiger partial charge in [-0.25, -0.2) is 12.7 Å². The van der Waals surface area contributed by atoms with Gasteiger partial charge >= 0.3 is 5.97 Å². The van der Waals surface area contributed by atoms with E-state index in [2.05, 4.69) is 4.98 Å². The van der Waals surface area contributed by atoms with Crippen LogP contribution < -0.4 is 0 Å². The van der Waals surface area contributed by atoms with E-state index in [0.29, 0.717) is 31.8 Å². The molecule has 0 N–H and O–H groups in total. The molecule has 2 fully saturated rings. The average molecular weight is 338 g/mol. The van der Waals surface area contributed by atoms with Gasteiger partial charge < -0.3 is 4.74 Å². The Labute approximate surface area is 136 Å². The molecular formula is C16H22N2O4S. The van der Waals surface area contributed by atoms with Crippen LogP contribution in [0.25, 0.3) is 0 Å². The molecule has 0 aromatic carbocycles. The average Bonchev–Trinajstić information content (AvgIpc) is 3.35. The number of rotatable bonds is 5. The molecule has 0 unspecified atom stereocenters. The summed E-state index contributed by atoms with van der Waals surface area (Å²) in [4.78, 5) is 15.8. The molecule has 0 radical (unpaired) electrons. The zero-order valence-corrected chi connectivity index (χ0v) is 14.1. The van der Waals surface area contributed by atoms with Gasteiger partial charge in [-0.3, -0.25) is 9.78 Å². The minimum Gasteiger partial charge on any atom is -0.469 e. The highest BCUT2D eigenvalue weighted by Crippen LogP contribution is 2.48. The van der Waals surface area contributed by atoms with Crippen molar-refractivity contribution in [1.82, 2.24) is 9.29 Å². The third-order valence-electron chi connectivity index (χ3n) is 4.96. The lowest BCUT2D eigenvalue weighted by Gasteiger charge is -2.32. The van der Waals surface area contributed by atoms with Crippen molar-refractivity contribution >= 4 is 16.0 Å². The number of carbonyl (C=O) groups excluding carboxylic acids is 1. The minimum absolute atomic E-state index is 0.118. The summed E-state index contributed by atoms with van der Waals surface area (Å²) in [7, 11) is -2.10. The Morgan fingerprint density at radius 2 is 1.91 bits per heavy atom. The van der Waals surface area contributed by atoms with Crippen LogP contribution in [0.4, 0.5) is 0 Å². The van der Waals surface area contributed by atoms with Gasteiger partial charge in [-0.1, -0.05) is 0 Å². The predicted octanol–water partition coefficient (Wildman–Crippen LogP) is 1.54. The van der Waals surface area contributed by atoms with Crippen LogP contribution in [0.1, 0.15) is 37.2 Å². The van der Waals surface area contributed by atoms with E-state index >= 15 is 0 Å². The van der Waals surface area contributed by atoms with E-state index in [0.717, 1.165) is 12.8 Å². The summed E-state index contributed by atoms with van der Waals surface area (Å²) in [5.74, 6) is -0.139. The number of hydrogen-bond acceptors (Lipinski definition) is 5. The van der Waals surface area contributed by atoms with Crippen LogP contribution in [0.15, 0.2) is 24.5 Å². The second-order valence-electron chi connectivity index (χ2n) is 6.48. The molecule has 1 saturated carbocycles. The van der Waals surface area contributed by atoms with Gasteiger partial charge in [0.1, 0.15) is 0 Å². The Bertz CT molecular complexity index is 663. The zero-order chi connectivity index (χ0) is 16.5. The number of aromatic nitrogens is 1. The number of hydrogen-bond donors (Lipinski definition) is 0. The largest absolute Gasteiger partial charge is 0.469 e. The maximum Gasteiger partial charge on any atom is 0.312 e. The Balaban J connectivity index is 1.62. The fraction of sp³-hybridized carbons (Fsp3) is 0.625. The third-order valence-corrected chi connectivity index (χ3v) is 7.02. The Morgan fingerprint density at radius 1 is 1.30 bits per heavy atom. The second kappa shape index (κ2) is 6.20. The maximum atomic E-state index is 12.6. The topological polar surface area (TPSA) is 76.6 Å². The molecule has 2 aliphatic rings. The molecule has 7 heteroatoms. The summed E-state index contributed by atoms with van der Waals surface area (Å²) in [5, 5.41) is 0. The van der Waals surface area contributed by atoms with Crippen LogP contribution in [-0.2, 0) is 19.6 Å². The molecule has 6 nitrogen and oxygen atoms in total. The van der Waals surface area contributed by atoms with Gasteiger partial charge in [-0.15, -0.1) is 0 Å². The van der Waals surface area contributed by atoms with Crippen LogP contribution in [0, 0.1) is 5.41 Å². The number of piperidine rings is 1. The van der Waals surface area contributed by atoms with E-state index in [-0.39, 0.29) is 5.75 Å². The smallest absolute Gasteiger partial charge is 0.312 e. The molecule has 0 spiro atoms. The number of sulfonamides is 1. The van der Waals surface area contributed by atoms with E-state index in [9.17, 15) is 13.2 Å². The molecule has 0 atom stereocenters. The summed E-state index contributed by atoms with van der Waals surface area (Å²) in [6, 6.07) is 3.98. The fourth-order valence-corrected chi connectivity index (χ4v) is 5.37. The van der Waals surface area contributed by atoms with E-state index in [1.807, 2.05) is 12.1 Å². The Hall–Kier alpha value is -1.47. The van der Waals surface area contributed by atoms with Crippen molar-refractivity contribution in [3.05, 3.63) is 30.1 Å². The normalized spacial score (nSPS) is 21.8. The summed E-state index contributed by atoms with van der Waals surface area (Å²) >= 11 is 0. The highest BCUT2D eigenvalue weighted by Gasteiger charge is 2.54. The van der Waals surface area contributed by atoms with Gasteiger partial charge in [-0.05, 0) is 49.3 Å². The van der Waals surface area contributed by atoms with Crippen molar-refractivity contribution in [3.8, 4) is 0 Å². The third kappa shape index (κ3) is 3.40. The van der Waals surface area contributed by atoms with E-state index in [1.54, 1.807) is 12.4 Å². The van der Waals surface area contributed by atoms with Crippen molar-refractivity contribution < 1.29 is 17.9 Å². The van der Waals surface area contributed by atoms with Gasteiger partial charge in [0.25, 0.3) is 0 Å². The molecule has 23 heavy (non-hydrogen) atoms. The van der Waals surface area contributed by atoms with Crippen molar-refractivity contribution in [1.29, 1.82) is 0 Å². The molecule has 1 aliphatic carbocycles. The van der Waals surface area contributed by atoms with E-state index in [4.69, 9.17) is 4.74 Å². The van der Waals surface area contributed by atoms with Crippen LogP contribution in [-0.4, -0.2) is 49.6 Å². The number of esters is 1.